The van der Waals surface area contributed by atoms with Gasteiger partial charge in [-0.3, -0.25) is 4.99 Å². The van der Waals surface area contributed by atoms with Crippen LogP contribution >= 0.6 is 38.5 Å². The van der Waals surface area contributed by atoms with Gasteiger partial charge in [0.15, 0.2) is 0 Å². The lowest BCUT2D eigenvalue weighted by Crippen LogP contribution is -1.75. The zero-order chi connectivity index (χ0) is 8.15. The third-order valence-electron chi connectivity index (χ3n) is 1.08. The van der Waals surface area contributed by atoms with E-state index in [1.807, 2.05) is 13.8 Å². The molecule has 0 fully saturated rings. The zero-order valence-corrected chi connectivity index (χ0v) is 9.73. The highest BCUT2D eigenvalue weighted by atomic mass is 127. The molecule has 0 saturated heterocycles. The topological polar surface area (TPSA) is 12.4 Å². The predicted molar refractivity (Wildman–Crippen MR) is 59.0 cm³/mol. The average molecular weight is 314 g/mol. The van der Waals surface area contributed by atoms with E-state index in [0.717, 1.165) is 8.06 Å². The lowest BCUT2D eigenvalue weighted by Gasteiger charge is -1.97. The van der Waals surface area contributed by atoms with E-state index >= 15 is 0 Å². The lowest BCUT2D eigenvalue weighted by molar-refractivity contribution is 1.42. The van der Waals surface area contributed by atoms with Crippen LogP contribution in [0.25, 0.3) is 0 Å². The molecule has 0 aliphatic heterocycles. The lowest BCUT2D eigenvalue weighted by atomic mass is 10.3. The third kappa shape index (κ3) is 3.51. The minimum Gasteiger partial charge on any atom is -0.271 e. The van der Waals surface area contributed by atoms with Crippen molar-refractivity contribution in [2.45, 2.75) is 13.8 Å². The molecule has 0 bridgehead atoms. The van der Waals surface area contributed by atoms with E-state index < -0.39 is 0 Å². The van der Waals surface area contributed by atoms with Crippen LogP contribution in [0.2, 0.25) is 0 Å². The summed E-state index contributed by atoms with van der Waals surface area (Å²) >= 11 is 5.60. The summed E-state index contributed by atoms with van der Waals surface area (Å²) in [6.45, 7) is 7.41. The SMILES string of the molecule is C=N/C=C(I)\C(C)=C(/C)Br. The van der Waals surface area contributed by atoms with E-state index in [-0.39, 0.29) is 0 Å². The number of aliphatic imine (C=N–C) groups is 1. The molecule has 1 nitrogen and oxygen atoms in total. The monoisotopic (exact) mass is 313 g/mol. The molecule has 0 amide bonds. The first-order chi connectivity index (χ1) is 4.59. The molecule has 0 spiro atoms. The van der Waals surface area contributed by atoms with Gasteiger partial charge in [-0.15, -0.1) is 0 Å². The molecule has 0 radical (unpaired) electrons. The molecule has 0 aliphatic carbocycles. The first kappa shape index (κ1) is 10.4. The van der Waals surface area contributed by atoms with Crippen LogP contribution in [0.5, 0.6) is 0 Å². The predicted octanol–water partition coefficient (Wildman–Crippen LogP) is 3.65. The van der Waals surface area contributed by atoms with Crippen LogP contribution in [-0.2, 0) is 0 Å². The maximum atomic E-state index is 3.66. The van der Waals surface area contributed by atoms with Crippen LogP contribution in [-0.4, -0.2) is 6.72 Å². The molecule has 10 heavy (non-hydrogen) atoms. The number of rotatable bonds is 2. The van der Waals surface area contributed by atoms with Crippen molar-refractivity contribution >= 4 is 45.2 Å². The van der Waals surface area contributed by atoms with Crippen molar-refractivity contribution in [1.29, 1.82) is 0 Å². The molecule has 0 aliphatic rings. The maximum Gasteiger partial charge on any atom is 0.0397 e. The fourth-order valence-electron chi connectivity index (χ4n) is 0.342. The van der Waals surface area contributed by atoms with Gasteiger partial charge in [0.25, 0.3) is 0 Å². The van der Waals surface area contributed by atoms with E-state index in [4.69, 9.17) is 0 Å². The third-order valence-corrected chi connectivity index (χ3v) is 2.76. The Bertz CT molecular complexity index is 190. The molecule has 0 aromatic carbocycles. The fraction of sp³-hybridized carbons (Fsp3) is 0.286. The van der Waals surface area contributed by atoms with E-state index in [2.05, 4.69) is 50.2 Å². The van der Waals surface area contributed by atoms with Crippen molar-refractivity contribution < 1.29 is 0 Å². The number of hydrogen-bond donors (Lipinski definition) is 0. The first-order valence-electron chi connectivity index (χ1n) is 2.74. The van der Waals surface area contributed by atoms with Gasteiger partial charge in [-0.25, -0.2) is 0 Å². The maximum absolute atomic E-state index is 3.66. The van der Waals surface area contributed by atoms with Crippen molar-refractivity contribution in [2.24, 2.45) is 4.99 Å². The van der Waals surface area contributed by atoms with Crippen molar-refractivity contribution in [3.63, 3.8) is 0 Å². The number of halogens is 2. The van der Waals surface area contributed by atoms with Gasteiger partial charge in [0.2, 0.25) is 0 Å². The molecule has 0 unspecified atom stereocenters. The van der Waals surface area contributed by atoms with E-state index in [0.29, 0.717) is 0 Å². The molecule has 0 N–H and O–H groups in total. The minimum atomic E-state index is 1.11. The van der Waals surface area contributed by atoms with Gasteiger partial charge in [-0.1, -0.05) is 15.9 Å². The Kier molecular flexibility index (Phi) is 5.25. The van der Waals surface area contributed by atoms with Crippen molar-refractivity contribution in [1.82, 2.24) is 0 Å². The summed E-state index contributed by atoms with van der Waals surface area (Å²) in [5, 5.41) is 0. The average Bonchev–Trinajstić information content (AvgIpc) is 1.87. The molecule has 0 atom stereocenters. The zero-order valence-electron chi connectivity index (χ0n) is 5.99. The Hall–Kier alpha value is 0.360. The Balaban J connectivity index is 4.51. The van der Waals surface area contributed by atoms with Crippen LogP contribution in [0.4, 0.5) is 0 Å². The van der Waals surface area contributed by atoms with Crippen LogP contribution < -0.4 is 0 Å². The van der Waals surface area contributed by atoms with Gasteiger partial charge in [0.05, 0.1) is 0 Å². The van der Waals surface area contributed by atoms with Gasteiger partial charge >= 0.3 is 0 Å². The van der Waals surface area contributed by atoms with Gasteiger partial charge in [-0.05, 0) is 53.2 Å². The standard InChI is InChI=1S/C7H9BrIN/c1-5(6(2)8)7(9)4-10-3/h4H,3H2,1-2H3/b6-5+,7-4+. The van der Waals surface area contributed by atoms with Crippen molar-refractivity contribution in [3.05, 3.63) is 19.8 Å². The van der Waals surface area contributed by atoms with Crippen LogP contribution in [0.1, 0.15) is 13.8 Å². The highest BCUT2D eigenvalue weighted by molar-refractivity contribution is 14.1. The summed E-state index contributed by atoms with van der Waals surface area (Å²) in [4.78, 5) is 3.66. The Labute approximate surface area is 83.6 Å². The number of hydrogen-bond acceptors (Lipinski definition) is 1. The first-order valence-corrected chi connectivity index (χ1v) is 4.61. The highest BCUT2D eigenvalue weighted by Gasteiger charge is 1.95. The smallest absolute Gasteiger partial charge is 0.0397 e. The quantitative estimate of drug-likeness (QED) is 0.419. The Morgan fingerprint density at radius 3 is 2.40 bits per heavy atom. The minimum absolute atomic E-state index is 1.11. The van der Waals surface area contributed by atoms with E-state index in [9.17, 15) is 0 Å². The summed E-state index contributed by atoms with van der Waals surface area (Å²) in [6, 6.07) is 0. The van der Waals surface area contributed by atoms with Crippen LogP contribution in [0, 0.1) is 0 Å². The summed E-state index contributed by atoms with van der Waals surface area (Å²) in [5.41, 5.74) is 1.20. The highest BCUT2D eigenvalue weighted by Crippen LogP contribution is 2.23. The van der Waals surface area contributed by atoms with Gasteiger partial charge in [0, 0.05) is 9.78 Å². The number of allylic oxidation sites excluding steroid dienone is 3. The van der Waals surface area contributed by atoms with Crippen molar-refractivity contribution in [2.75, 3.05) is 0 Å². The van der Waals surface area contributed by atoms with Gasteiger partial charge in [0.1, 0.15) is 0 Å². The second-order valence-corrected chi connectivity index (χ2v) is 4.17. The molecule has 0 rings (SSSR count). The normalized spacial score (nSPS) is 14.6. The van der Waals surface area contributed by atoms with E-state index in [1.165, 1.54) is 5.57 Å². The summed E-state index contributed by atoms with van der Waals surface area (Å²) in [7, 11) is 0. The molecule has 0 aromatic heterocycles. The Morgan fingerprint density at radius 1 is 1.60 bits per heavy atom. The van der Waals surface area contributed by atoms with Gasteiger partial charge in [-0.2, -0.15) is 0 Å². The largest absolute Gasteiger partial charge is 0.271 e. The molecule has 0 aromatic rings. The van der Waals surface area contributed by atoms with Crippen molar-refractivity contribution in [3.8, 4) is 0 Å². The molecular formula is C7H9BrIN. The summed E-state index contributed by atoms with van der Waals surface area (Å²) < 4.78 is 2.25. The van der Waals surface area contributed by atoms with Gasteiger partial charge < -0.3 is 0 Å². The Morgan fingerprint density at radius 2 is 2.10 bits per heavy atom. The molecule has 56 valence electrons. The molecule has 0 saturated carbocycles. The van der Waals surface area contributed by atoms with E-state index in [1.54, 1.807) is 6.20 Å². The summed E-state index contributed by atoms with van der Waals surface area (Å²) in [5.74, 6) is 0. The van der Waals surface area contributed by atoms with Crippen LogP contribution in [0.15, 0.2) is 24.8 Å². The number of nitrogens with zero attached hydrogens (tertiary/aromatic N) is 1. The second kappa shape index (κ2) is 5.07. The molecule has 3 heteroatoms. The molecular weight excluding hydrogens is 305 g/mol. The summed E-state index contributed by atoms with van der Waals surface area (Å²) in [6.07, 6.45) is 1.74. The molecule has 0 heterocycles. The fourth-order valence-corrected chi connectivity index (χ4v) is 1.53. The van der Waals surface area contributed by atoms with Crippen LogP contribution in [0.3, 0.4) is 0 Å². The second-order valence-electron chi connectivity index (χ2n) is 1.82.